The van der Waals surface area contributed by atoms with Gasteiger partial charge in [0.15, 0.2) is 0 Å². The van der Waals surface area contributed by atoms with E-state index in [1.165, 1.54) is 4.90 Å². The summed E-state index contributed by atoms with van der Waals surface area (Å²) >= 11 is 5.39. The molecule has 2 heterocycles. The number of nitriles is 1. The van der Waals surface area contributed by atoms with E-state index in [1.807, 2.05) is 7.05 Å². The maximum atomic E-state index is 9.17. The Morgan fingerprint density at radius 3 is 2.81 bits per heavy atom. The van der Waals surface area contributed by atoms with Crippen LogP contribution >= 0.6 is 12.2 Å². The van der Waals surface area contributed by atoms with Gasteiger partial charge in [0.1, 0.15) is 23.1 Å². The van der Waals surface area contributed by atoms with Gasteiger partial charge in [0.05, 0.1) is 19.2 Å². The molecule has 0 aromatic carbocycles. The molecule has 0 amide bonds. The quantitative estimate of drug-likeness (QED) is 0.611. The zero-order valence-corrected chi connectivity index (χ0v) is 10.3. The van der Waals surface area contributed by atoms with Crippen molar-refractivity contribution in [1.82, 2.24) is 4.57 Å². The van der Waals surface area contributed by atoms with Crippen LogP contribution in [0, 0.1) is 16.0 Å². The third-order valence-electron chi connectivity index (χ3n) is 3.24. The number of rotatable bonds is 0. The summed E-state index contributed by atoms with van der Waals surface area (Å²) in [6.07, 6.45) is 0.888. The Bertz CT molecular complexity index is 538. The first-order chi connectivity index (χ1) is 7.56. The maximum Gasteiger partial charge on any atom is 0.122 e. The zero-order chi connectivity index (χ0) is 11.9. The van der Waals surface area contributed by atoms with Crippen molar-refractivity contribution in [3.05, 3.63) is 21.3 Å². The smallest absolute Gasteiger partial charge is 0.122 e. The van der Waals surface area contributed by atoms with Crippen LogP contribution in [0.4, 0.5) is 5.82 Å². The highest BCUT2D eigenvalue weighted by molar-refractivity contribution is 7.71. The van der Waals surface area contributed by atoms with Gasteiger partial charge in [0.2, 0.25) is 0 Å². The van der Waals surface area contributed by atoms with Gasteiger partial charge in [0, 0.05) is 19.0 Å². The Kier molecular flexibility index (Phi) is 2.70. The third-order valence-corrected chi connectivity index (χ3v) is 3.76. The second-order valence-corrected chi connectivity index (χ2v) is 4.71. The van der Waals surface area contributed by atoms with Gasteiger partial charge >= 0.3 is 0 Å². The lowest BCUT2D eigenvalue weighted by molar-refractivity contribution is -0.895. The Morgan fingerprint density at radius 2 is 2.19 bits per heavy atom. The molecule has 1 aliphatic rings. The largest absolute Gasteiger partial charge is 0.384 e. The van der Waals surface area contributed by atoms with Gasteiger partial charge in [-0.15, -0.1) is 0 Å². The average Bonchev–Trinajstić information content (AvgIpc) is 2.28. The number of hydrogen-bond donors (Lipinski definition) is 2. The van der Waals surface area contributed by atoms with E-state index in [1.54, 1.807) is 4.57 Å². The summed E-state index contributed by atoms with van der Waals surface area (Å²) in [7, 11) is 3.96. The summed E-state index contributed by atoms with van der Waals surface area (Å²) in [5, 5.41) is 9.17. The minimum atomic E-state index is 0.491. The van der Waals surface area contributed by atoms with E-state index < -0.39 is 0 Å². The fourth-order valence-electron chi connectivity index (χ4n) is 2.23. The highest BCUT2D eigenvalue weighted by Gasteiger charge is 2.23. The lowest BCUT2D eigenvalue weighted by atomic mass is 9.97. The molecule has 5 heteroatoms. The van der Waals surface area contributed by atoms with Gasteiger partial charge in [-0.2, -0.15) is 5.26 Å². The highest BCUT2D eigenvalue weighted by atomic mass is 32.1. The molecule has 1 aliphatic heterocycles. The summed E-state index contributed by atoms with van der Waals surface area (Å²) < 4.78 is 2.51. The number of anilines is 1. The van der Waals surface area contributed by atoms with Crippen molar-refractivity contribution in [2.24, 2.45) is 7.05 Å². The molecule has 84 valence electrons. The SMILES string of the molecule is Cn1c(N)c(C#N)c2c(c1=S)C[NH+](C)CC2. The normalized spacial score (nSPS) is 18.9. The zero-order valence-electron chi connectivity index (χ0n) is 9.50. The standard InChI is InChI=1S/C11H14N4S/c1-14-4-3-7-8(5-12)10(13)15(2)11(16)9(7)6-14/h3-4,6,13H2,1-2H3/p+1. The van der Waals surface area contributed by atoms with E-state index in [4.69, 9.17) is 18.0 Å². The van der Waals surface area contributed by atoms with E-state index in [2.05, 4.69) is 13.1 Å². The molecule has 0 fully saturated rings. The van der Waals surface area contributed by atoms with Crippen molar-refractivity contribution in [2.45, 2.75) is 13.0 Å². The molecule has 1 aromatic rings. The molecule has 0 radical (unpaired) electrons. The first-order valence-electron chi connectivity index (χ1n) is 5.28. The van der Waals surface area contributed by atoms with Gasteiger partial charge in [-0.3, -0.25) is 0 Å². The van der Waals surface area contributed by atoms with Crippen LogP contribution in [0.1, 0.15) is 16.7 Å². The minimum absolute atomic E-state index is 0.491. The molecule has 0 aliphatic carbocycles. The summed E-state index contributed by atoms with van der Waals surface area (Å²) in [5.74, 6) is 0.491. The van der Waals surface area contributed by atoms with Crippen molar-refractivity contribution in [2.75, 3.05) is 19.3 Å². The molecule has 0 spiro atoms. The number of likely N-dealkylation sites (N-methyl/N-ethyl adjacent to an activating group) is 1. The Hall–Kier alpha value is -1.38. The Morgan fingerprint density at radius 1 is 1.50 bits per heavy atom. The fourth-order valence-corrected chi connectivity index (χ4v) is 2.52. The molecule has 16 heavy (non-hydrogen) atoms. The van der Waals surface area contributed by atoms with Crippen LogP contribution in [0.3, 0.4) is 0 Å². The number of hydrogen-bond acceptors (Lipinski definition) is 3. The number of nitrogen functional groups attached to an aromatic ring is 1. The van der Waals surface area contributed by atoms with Crippen molar-refractivity contribution >= 4 is 18.0 Å². The third kappa shape index (κ3) is 1.51. The molecule has 1 unspecified atom stereocenters. The van der Waals surface area contributed by atoms with Crippen LogP contribution < -0.4 is 10.6 Å². The minimum Gasteiger partial charge on any atom is -0.384 e. The number of quaternary nitrogens is 1. The fraction of sp³-hybridized carbons (Fsp3) is 0.455. The Balaban J connectivity index is 2.78. The van der Waals surface area contributed by atoms with Crippen LogP contribution in [0.25, 0.3) is 0 Å². The molecular weight excluding hydrogens is 220 g/mol. The molecule has 1 atom stereocenters. The molecule has 3 N–H and O–H groups in total. The molecule has 2 rings (SSSR count). The number of pyridine rings is 1. The van der Waals surface area contributed by atoms with E-state index in [0.717, 1.165) is 35.3 Å². The molecule has 0 saturated carbocycles. The number of aromatic nitrogens is 1. The lowest BCUT2D eigenvalue weighted by Crippen LogP contribution is -3.08. The predicted molar refractivity (Wildman–Crippen MR) is 64.5 cm³/mol. The molecule has 0 bridgehead atoms. The summed E-state index contributed by atoms with van der Waals surface area (Å²) in [6.45, 7) is 1.92. The van der Waals surface area contributed by atoms with Crippen LogP contribution in [-0.2, 0) is 20.0 Å². The van der Waals surface area contributed by atoms with E-state index in [9.17, 15) is 5.26 Å². The summed E-state index contributed by atoms with van der Waals surface area (Å²) in [4.78, 5) is 1.42. The lowest BCUT2D eigenvalue weighted by Gasteiger charge is -2.25. The molecule has 1 aromatic heterocycles. The first-order valence-corrected chi connectivity index (χ1v) is 5.68. The van der Waals surface area contributed by atoms with Crippen LogP contribution in [-0.4, -0.2) is 18.2 Å². The molecule has 0 saturated heterocycles. The van der Waals surface area contributed by atoms with E-state index in [-0.39, 0.29) is 0 Å². The summed E-state index contributed by atoms with van der Waals surface area (Å²) in [6, 6.07) is 2.20. The van der Waals surface area contributed by atoms with Crippen molar-refractivity contribution < 1.29 is 4.90 Å². The monoisotopic (exact) mass is 235 g/mol. The number of nitrogens with two attached hydrogens (primary N) is 1. The maximum absolute atomic E-state index is 9.17. The number of nitrogens with zero attached hydrogens (tertiary/aromatic N) is 2. The second-order valence-electron chi connectivity index (χ2n) is 4.33. The van der Waals surface area contributed by atoms with Gasteiger partial charge in [0.25, 0.3) is 0 Å². The van der Waals surface area contributed by atoms with E-state index >= 15 is 0 Å². The second kappa shape index (κ2) is 3.89. The van der Waals surface area contributed by atoms with Gasteiger partial charge in [-0.05, 0) is 5.56 Å². The van der Waals surface area contributed by atoms with Crippen molar-refractivity contribution in [1.29, 1.82) is 5.26 Å². The van der Waals surface area contributed by atoms with Crippen molar-refractivity contribution in [3.63, 3.8) is 0 Å². The van der Waals surface area contributed by atoms with Gasteiger partial charge < -0.3 is 15.2 Å². The van der Waals surface area contributed by atoms with Crippen molar-refractivity contribution in [3.8, 4) is 6.07 Å². The van der Waals surface area contributed by atoms with Crippen LogP contribution in [0.2, 0.25) is 0 Å². The number of fused-ring (bicyclic) bond motifs is 1. The van der Waals surface area contributed by atoms with Gasteiger partial charge in [-0.1, -0.05) is 12.2 Å². The van der Waals surface area contributed by atoms with Gasteiger partial charge in [-0.25, -0.2) is 0 Å². The van der Waals surface area contributed by atoms with E-state index in [0.29, 0.717) is 11.4 Å². The summed E-state index contributed by atoms with van der Waals surface area (Å²) in [5.41, 5.74) is 8.71. The highest BCUT2D eigenvalue weighted by Crippen LogP contribution is 2.23. The Labute approximate surface area is 99.9 Å². The topological polar surface area (TPSA) is 59.2 Å². The van der Waals surface area contributed by atoms with Crippen LogP contribution in [0.5, 0.6) is 0 Å². The molecule has 4 nitrogen and oxygen atoms in total. The first kappa shape index (κ1) is 11.1. The van der Waals surface area contributed by atoms with Crippen LogP contribution in [0.15, 0.2) is 0 Å². The predicted octanol–water partition coefficient (Wildman–Crippen LogP) is -0.221. The number of nitrogens with one attached hydrogen (secondary N) is 1. The average molecular weight is 235 g/mol. The molecular formula is C11H15N4S+.